The van der Waals surface area contributed by atoms with E-state index in [2.05, 4.69) is 17.1 Å². The largest absolute Gasteiger partial charge is 0.477 e. The first-order valence-electron chi connectivity index (χ1n) is 4.63. The lowest BCUT2D eigenvalue weighted by atomic mass is 10.1. The van der Waals surface area contributed by atoms with E-state index in [4.69, 9.17) is 9.47 Å². The maximum absolute atomic E-state index is 5.39. The van der Waals surface area contributed by atoms with Crippen LogP contribution in [-0.4, -0.2) is 26.2 Å². The highest BCUT2D eigenvalue weighted by Crippen LogP contribution is 2.22. The summed E-state index contributed by atoms with van der Waals surface area (Å²) in [6, 6.07) is 10.3. The van der Waals surface area contributed by atoms with Gasteiger partial charge in [0.2, 0.25) is 5.90 Å². The van der Waals surface area contributed by atoms with Crippen molar-refractivity contribution >= 4 is 5.90 Å². The zero-order valence-electron chi connectivity index (χ0n) is 8.14. The molecule has 0 fully saturated rings. The van der Waals surface area contributed by atoms with Gasteiger partial charge in [-0.15, -0.1) is 0 Å². The molecule has 74 valence electrons. The molecule has 0 N–H and O–H groups in total. The molecule has 1 aromatic carbocycles. The molecule has 1 aliphatic heterocycles. The molecule has 0 saturated carbocycles. The van der Waals surface area contributed by atoms with Crippen molar-refractivity contribution in [2.45, 2.75) is 6.04 Å². The lowest BCUT2D eigenvalue weighted by molar-refractivity contribution is 0.212. The topological polar surface area (TPSA) is 30.8 Å². The second-order valence-corrected chi connectivity index (χ2v) is 3.19. The highest BCUT2D eigenvalue weighted by atomic mass is 16.5. The number of benzene rings is 1. The molecule has 1 aromatic rings. The number of ether oxygens (including phenoxy) is 2. The van der Waals surface area contributed by atoms with Crippen LogP contribution in [0.2, 0.25) is 0 Å². The summed E-state index contributed by atoms with van der Waals surface area (Å²) in [6.45, 7) is 1.09. The minimum atomic E-state index is 0.140. The van der Waals surface area contributed by atoms with Crippen LogP contribution in [0, 0.1) is 0 Å². The first-order valence-corrected chi connectivity index (χ1v) is 4.63. The van der Waals surface area contributed by atoms with Crippen molar-refractivity contribution in [2.24, 2.45) is 4.99 Å². The molecule has 3 heteroatoms. The zero-order chi connectivity index (χ0) is 9.80. The van der Waals surface area contributed by atoms with Crippen molar-refractivity contribution < 1.29 is 9.47 Å². The van der Waals surface area contributed by atoms with Gasteiger partial charge < -0.3 is 9.47 Å². The van der Waals surface area contributed by atoms with E-state index in [1.54, 1.807) is 7.11 Å². The first-order chi connectivity index (χ1) is 6.90. The third-order valence-corrected chi connectivity index (χ3v) is 2.16. The van der Waals surface area contributed by atoms with Gasteiger partial charge in [0.05, 0.1) is 0 Å². The summed E-state index contributed by atoms with van der Waals surface area (Å²) < 4.78 is 10.3. The standard InChI is InChI=1S/C11H13NO2/c1-13-8-11-12-10(7-14-11)9-5-3-2-4-6-9/h2-6,10H,7-8H2,1H3/t10-/m0/s1. The average Bonchev–Trinajstić information content (AvgIpc) is 2.68. The molecule has 0 spiro atoms. The molecule has 14 heavy (non-hydrogen) atoms. The van der Waals surface area contributed by atoms with Crippen LogP contribution in [0.3, 0.4) is 0 Å². The summed E-state index contributed by atoms with van der Waals surface area (Å²) in [7, 11) is 1.64. The van der Waals surface area contributed by atoms with E-state index in [0.29, 0.717) is 19.1 Å². The van der Waals surface area contributed by atoms with Gasteiger partial charge in [0.1, 0.15) is 19.3 Å². The van der Waals surface area contributed by atoms with Crippen LogP contribution >= 0.6 is 0 Å². The van der Waals surface area contributed by atoms with Crippen molar-refractivity contribution in [1.29, 1.82) is 0 Å². The lowest BCUT2D eigenvalue weighted by Crippen LogP contribution is -2.06. The van der Waals surface area contributed by atoms with Crippen molar-refractivity contribution in [1.82, 2.24) is 0 Å². The number of nitrogens with zero attached hydrogens (tertiary/aromatic N) is 1. The Labute approximate surface area is 83.4 Å². The van der Waals surface area contributed by atoms with Gasteiger partial charge in [0.15, 0.2) is 0 Å². The Kier molecular flexibility index (Phi) is 2.79. The van der Waals surface area contributed by atoms with Crippen molar-refractivity contribution in [3.8, 4) is 0 Å². The smallest absolute Gasteiger partial charge is 0.210 e. The minimum absolute atomic E-state index is 0.140. The zero-order valence-corrected chi connectivity index (χ0v) is 8.14. The van der Waals surface area contributed by atoms with E-state index < -0.39 is 0 Å². The Morgan fingerprint density at radius 3 is 2.93 bits per heavy atom. The van der Waals surface area contributed by atoms with E-state index >= 15 is 0 Å². The highest BCUT2D eigenvalue weighted by Gasteiger charge is 2.19. The molecule has 1 aliphatic rings. The molecular formula is C11H13NO2. The molecule has 3 nitrogen and oxygen atoms in total. The molecule has 0 amide bonds. The maximum Gasteiger partial charge on any atom is 0.210 e. The molecule has 1 atom stereocenters. The van der Waals surface area contributed by atoms with Crippen LogP contribution in [0.25, 0.3) is 0 Å². The third kappa shape index (κ3) is 1.93. The van der Waals surface area contributed by atoms with Crippen LogP contribution in [0.1, 0.15) is 11.6 Å². The Balaban J connectivity index is 2.08. The van der Waals surface area contributed by atoms with Gasteiger partial charge in [0, 0.05) is 7.11 Å². The monoisotopic (exact) mass is 191 g/mol. The first kappa shape index (κ1) is 9.21. The fraction of sp³-hybridized carbons (Fsp3) is 0.364. The average molecular weight is 191 g/mol. The van der Waals surface area contributed by atoms with E-state index in [-0.39, 0.29) is 6.04 Å². The molecule has 0 saturated heterocycles. The molecule has 0 unspecified atom stereocenters. The van der Waals surface area contributed by atoms with E-state index in [9.17, 15) is 0 Å². The van der Waals surface area contributed by atoms with Gasteiger partial charge in [-0.2, -0.15) is 0 Å². The van der Waals surface area contributed by atoms with E-state index in [1.165, 1.54) is 5.56 Å². The predicted molar refractivity (Wildman–Crippen MR) is 54.4 cm³/mol. The fourth-order valence-corrected chi connectivity index (χ4v) is 1.47. The van der Waals surface area contributed by atoms with Crippen LogP contribution in [-0.2, 0) is 9.47 Å². The van der Waals surface area contributed by atoms with Crippen LogP contribution in [0.5, 0.6) is 0 Å². The quantitative estimate of drug-likeness (QED) is 0.729. The Morgan fingerprint density at radius 1 is 1.43 bits per heavy atom. The van der Waals surface area contributed by atoms with Crippen LogP contribution in [0.15, 0.2) is 35.3 Å². The molecule has 0 radical (unpaired) electrons. The Morgan fingerprint density at radius 2 is 2.21 bits per heavy atom. The summed E-state index contributed by atoms with van der Waals surface area (Å²) >= 11 is 0. The van der Waals surface area contributed by atoms with E-state index in [1.807, 2.05) is 18.2 Å². The third-order valence-electron chi connectivity index (χ3n) is 2.16. The summed E-state index contributed by atoms with van der Waals surface area (Å²) in [5, 5.41) is 0. The summed E-state index contributed by atoms with van der Waals surface area (Å²) in [5.41, 5.74) is 1.19. The molecule has 1 heterocycles. The second kappa shape index (κ2) is 4.24. The fourth-order valence-electron chi connectivity index (χ4n) is 1.47. The van der Waals surface area contributed by atoms with Crippen molar-refractivity contribution in [3.05, 3.63) is 35.9 Å². The Hall–Kier alpha value is -1.35. The van der Waals surface area contributed by atoms with Gasteiger partial charge in [0.25, 0.3) is 0 Å². The summed E-state index contributed by atoms with van der Waals surface area (Å²) in [6.07, 6.45) is 0. The number of aliphatic imine (C=N–C) groups is 1. The van der Waals surface area contributed by atoms with Crippen LogP contribution < -0.4 is 0 Å². The Bertz CT molecular complexity index is 321. The summed E-state index contributed by atoms with van der Waals surface area (Å²) in [4.78, 5) is 4.42. The van der Waals surface area contributed by atoms with Gasteiger partial charge in [-0.1, -0.05) is 30.3 Å². The van der Waals surface area contributed by atoms with Gasteiger partial charge in [-0.05, 0) is 5.56 Å². The van der Waals surface area contributed by atoms with Gasteiger partial charge >= 0.3 is 0 Å². The molecule has 0 bridgehead atoms. The summed E-state index contributed by atoms with van der Waals surface area (Å²) in [5.74, 6) is 0.696. The van der Waals surface area contributed by atoms with Gasteiger partial charge in [-0.3, -0.25) is 0 Å². The number of rotatable bonds is 3. The molecule has 2 rings (SSSR count). The van der Waals surface area contributed by atoms with Gasteiger partial charge in [-0.25, -0.2) is 4.99 Å². The second-order valence-electron chi connectivity index (χ2n) is 3.19. The minimum Gasteiger partial charge on any atom is -0.477 e. The maximum atomic E-state index is 5.39. The molecular weight excluding hydrogens is 178 g/mol. The lowest BCUT2D eigenvalue weighted by Gasteiger charge is -2.03. The molecule has 0 aromatic heterocycles. The normalized spacial score (nSPS) is 20.4. The van der Waals surface area contributed by atoms with E-state index in [0.717, 1.165) is 0 Å². The number of methoxy groups -OCH3 is 1. The van der Waals surface area contributed by atoms with Crippen molar-refractivity contribution in [2.75, 3.05) is 20.3 Å². The highest BCUT2D eigenvalue weighted by molar-refractivity contribution is 5.79. The number of hydrogen-bond acceptors (Lipinski definition) is 3. The predicted octanol–water partition coefficient (Wildman–Crippen LogP) is 1.80. The molecule has 0 aliphatic carbocycles. The van der Waals surface area contributed by atoms with Crippen molar-refractivity contribution in [3.63, 3.8) is 0 Å². The SMILES string of the molecule is COCC1=N[C@H](c2ccccc2)CO1. The number of hydrogen-bond donors (Lipinski definition) is 0. The van der Waals surface area contributed by atoms with Crippen LogP contribution in [0.4, 0.5) is 0 Å².